The molecule has 0 radical (unpaired) electrons. The first-order valence-electron chi connectivity index (χ1n) is 6.50. The van der Waals surface area contributed by atoms with Gasteiger partial charge in [-0.2, -0.15) is 0 Å². The quantitative estimate of drug-likeness (QED) is 0.342. The van der Waals surface area contributed by atoms with E-state index < -0.39 is 16.8 Å². The van der Waals surface area contributed by atoms with E-state index in [1.807, 2.05) is 0 Å². The number of nitro groups is 1. The van der Waals surface area contributed by atoms with Crippen LogP contribution in [0.3, 0.4) is 0 Å². The first-order valence-corrected chi connectivity index (χ1v) is 6.50. The molecule has 3 N–H and O–H groups in total. The van der Waals surface area contributed by atoms with Gasteiger partial charge in [0.1, 0.15) is 18.6 Å². The zero-order valence-corrected chi connectivity index (χ0v) is 11.9. The van der Waals surface area contributed by atoms with E-state index in [4.69, 9.17) is 14.9 Å². The highest BCUT2D eigenvalue weighted by atomic mass is 16.6. The number of esters is 1. The van der Waals surface area contributed by atoms with Crippen LogP contribution in [0.4, 0.5) is 11.4 Å². The lowest BCUT2D eigenvalue weighted by Crippen LogP contribution is -2.15. The Morgan fingerprint density at radius 2 is 2.09 bits per heavy atom. The van der Waals surface area contributed by atoms with Crippen molar-refractivity contribution in [2.24, 2.45) is 5.73 Å². The number of anilines is 1. The standard InChI is InChI=1S/C14H13N3O6/c15-13(18)9-1-2-11(12(7-9)17(20)21)16-4-6-23-14(19)10-3-5-22-8-10/h1-3,5,7-8,16H,4,6H2,(H2,15,18). The Kier molecular flexibility index (Phi) is 4.92. The summed E-state index contributed by atoms with van der Waals surface area (Å²) in [6.45, 7) is 0.152. The summed E-state index contributed by atoms with van der Waals surface area (Å²) in [5, 5.41) is 13.8. The van der Waals surface area contributed by atoms with Crippen LogP contribution < -0.4 is 11.1 Å². The number of furan rings is 1. The number of rotatable bonds is 7. The number of carbonyl (C=O) groups excluding carboxylic acids is 2. The third-order valence-electron chi connectivity index (χ3n) is 2.89. The van der Waals surface area contributed by atoms with Crippen LogP contribution in [0.15, 0.2) is 41.2 Å². The van der Waals surface area contributed by atoms with Crippen LogP contribution in [0.1, 0.15) is 20.7 Å². The summed E-state index contributed by atoms with van der Waals surface area (Å²) in [6.07, 6.45) is 2.60. The Balaban J connectivity index is 1.94. The normalized spacial score (nSPS) is 10.1. The van der Waals surface area contributed by atoms with Gasteiger partial charge in [0.05, 0.1) is 16.7 Å². The molecule has 120 valence electrons. The summed E-state index contributed by atoms with van der Waals surface area (Å²) in [6, 6.07) is 5.29. The number of nitrogens with zero attached hydrogens (tertiary/aromatic N) is 1. The van der Waals surface area contributed by atoms with Crippen molar-refractivity contribution in [3.05, 3.63) is 58.0 Å². The van der Waals surface area contributed by atoms with E-state index >= 15 is 0 Å². The molecule has 0 aliphatic carbocycles. The number of carbonyl (C=O) groups is 2. The molecule has 1 aromatic heterocycles. The maximum atomic E-state index is 11.5. The van der Waals surface area contributed by atoms with Crippen molar-refractivity contribution in [3.8, 4) is 0 Å². The molecule has 0 saturated heterocycles. The Morgan fingerprint density at radius 3 is 2.70 bits per heavy atom. The molecule has 0 fully saturated rings. The highest BCUT2D eigenvalue weighted by Gasteiger charge is 2.16. The van der Waals surface area contributed by atoms with Gasteiger partial charge < -0.3 is 20.2 Å². The molecule has 9 nitrogen and oxygen atoms in total. The largest absolute Gasteiger partial charge is 0.472 e. The summed E-state index contributed by atoms with van der Waals surface area (Å²) in [7, 11) is 0. The molecular formula is C14H13N3O6. The van der Waals surface area contributed by atoms with Crippen LogP contribution in [-0.4, -0.2) is 30.0 Å². The molecule has 1 aromatic carbocycles. The van der Waals surface area contributed by atoms with Gasteiger partial charge in [-0.25, -0.2) is 4.79 Å². The second-order valence-electron chi connectivity index (χ2n) is 4.43. The van der Waals surface area contributed by atoms with Gasteiger partial charge in [0.25, 0.3) is 5.69 Å². The average molecular weight is 319 g/mol. The zero-order valence-electron chi connectivity index (χ0n) is 11.9. The molecule has 0 unspecified atom stereocenters. The van der Waals surface area contributed by atoms with Crippen molar-refractivity contribution in [1.82, 2.24) is 0 Å². The van der Waals surface area contributed by atoms with Crippen LogP contribution in [0.25, 0.3) is 0 Å². The second-order valence-corrected chi connectivity index (χ2v) is 4.43. The van der Waals surface area contributed by atoms with Crippen LogP contribution in [0.5, 0.6) is 0 Å². The van der Waals surface area contributed by atoms with Gasteiger partial charge in [-0.15, -0.1) is 0 Å². The number of ether oxygens (including phenoxy) is 1. The predicted molar refractivity (Wildman–Crippen MR) is 79.1 cm³/mol. The molecule has 23 heavy (non-hydrogen) atoms. The number of benzene rings is 1. The number of nitrogens with two attached hydrogens (primary N) is 1. The number of amides is 1. The van der Waals surface area contributed by atoms with Crippen LogP contribution >= 0.6 is 0 Å². The van der Waals surface area contributed by atoms with Crippen molar-refractivity contribution in [2.45, 2.75) is 0 Å². The third-order valence-corrected chi connectivity index (χ3v) is 2.89. The number of nitrogens with one attached hydrogen (secondary N) is 1. The number of hydrogen-bond acceptors (Lipinski definition) is 7. The van der Waals surface area contributed by atoms with Gasteiger partial charge in [0.15, 0.2) is 0 Å². The summed E-state index contributed by atoms with van der Waals surface area (Å²) >= 11 is 0. The Bertz CT molecular complexity index is 726. The molecule has 0 saturated carbocycles. The number of primary amides is 1. The van der Waals surface area contributed by atoms with E-state index in [9.17, 15) is 19.7 Å². The summed E-state index contributed by atoms with van der Waals surface area (Å²) in [4.78, 5) is 33.0. The molecule has 0 atom stereocenters. The zero-order chi connectivity index (χ0) is 16.8. The lowest BCUT2D eigenvalue weighted by atomic mass is 10.1. The Morgan fingerprint density at radius 1 is 1.30 bits per heavy atom. The van der Waals surface area contributed by atoms with E-state index in [-0.39, 0.29) is 35.7 Å². The van der Waals surface area contributed by atoms with E-state index in [1.165, 1.54) is 30.7 Å². The molecule has 1 heterocycles. The van der Waals surface area contributed by atoms with Crippen molar-refractivity contribution < 1.29 is 23.7 Å². The number of hydrogen-bond donors (Lipinski definition) is 2. The van der Waals surface area contributed by atoms with Gasteiger partial charge in [0.2, 0.25) is 5.91 Å². The fourth-order valence-corrected chi connectivity index (χ4v) is 1.78. The van der Waals surface area contributed by atoms with Crippen molar-refractivity contribution in [1.29, 1.82) is 0 Å². The monoisotopic (exact) mass is 319 g/mol. The maximum Gasteiger partial charge on any atom is 0.341 e. The fraction of sp³-hybridized carbons (Fsp3) is 0.143. The van der Waals surface area contributed by atoms with Crippen LogP contribution in [-0.2, 0) is 4.74 Å². The molecule has 9 heteroatoms. The average Bonchev–Trinajstić information content (AvgIpc) is 3.05. The summed E-state index contributed by atoms with van der Waals surface area (Å²) in [5.74, 6) is -1.31. The van der Waals surface area contributed by atoms with Gasteiger partial charge in [-0.05, 0) is 18.2 Å². The highest BCUT2D eigenvalue weighted by Crippen LogP contribution is 2.25. The molecule has 2 rings (SSSR count). The molecule has 0 aliphatic heterocycles. The highest BCUT2D eigenvalue weighted by molar-refractivity contribution is 5.94. The Labute approximate surface area is 130 Å². The lowest BCUT2D eigenvalue weighted by Gasteiger charge is -2.08. The van der Waals surface area contributed by atoms with Crippen LogP contribution in [0, 0.1) is 10.1 Å². The van der Waals surface area contributed by atoms with E-state index in [0.717, 1.165) is 6.07 Å². The molecule has 0 spiro atoms. The van der Waals surface area contributed by atoms with Crippen molar-refractivity contribution in [2.75, 3.05) is 18.5 Å². The SMILES string of the molecule is NC(=O)c1ccc(NCCOC(=O)c2ccoc2)c([N+](=O)[O-])c1. The topological polar surface area (TPSA) is 138 Å². The minimum Gasteiger partial charge on any atom is -0.472 e. The molecule has 0 bridgehead atoms. The maximum absolute atomic E-state index is 11.5. The lowest BCUT2D eigenvalue weighted by molar-refractivity contribution is -0.384. The van der Waals surface area contributed by atoms with Gasteiger partial charge in [-0.3, -0.25) is 14.9 Å². The van der Waals surface area contributed by atoms with Crippen LogP contribution in [0.2, 0.25) is 0 Å². The summed E-state index contributed by atoms with van der Waals surface area (Å²) in [5.41, 5.74) is 5.31. The van der Waals surface area contributed by atoms with E-state index in [1.54, 1.807) is 0 Å². The van der Waals surface area contributed by atoms with Crippen molar-refractivity contribution >= 4 is 23.3 Å². The van der Waals surface area contributed by atoms with Gasteiger partial charge in [-0.1, -0.05) is 0 Å². The summed E-state index contributed by atoms with van der Waals surface area (Å²) < 4.78 is 9.72. The third kappa shape index (κ3) is 4.06. The number of nitro benzene ring substituents is 1. The Hall–Kier alpha value is -3.36. The first-order chi connectivity index (χ1) is 11.0. The van der Waals surface area contributed by atoms with Gasteiger partial charge in [0, 0.05) is 18.2 Å². The minimum absolute atomic E-state index is 0.00125. The predicted octanol–water partition coefficient (Wildman–Crippen LogP) is 1.56. The molecule has 0 aliphatic rings. The van der Waals surface area contributed by atoms with Crippen molar-refractivity contribution in [3.63, 3.8) is 0 Å². The smallest absolute Gasteiger partial charge is 0.341 e. The minimum atomic E-state index is -0.756. The first kappa shape index (κ1) is 16.0. The molecule has 2 aromatic rings. The second kappa shape index (κ2) is 7.07. The molecular weight excluding hydrogens is 306 g/mol. The molecule has 1 amide bonds. The fourth-order valence-electron chi connectivity index (χ4n) is 1.78. The van der Waals surface area contributed by atoms with Gasteiger partial charge >= 0.3 is 5.97 Å². The van der Waals surface area contributed by atoms with E-state index in [2.05, 4.69) is 5.32 Å². The van der Waals surface area contributed by atoms with E-state index in [0.29, 0.717) is 0 Å².